The van der Waals surface area contributed by atoms with Gasteiger partial charge in [0.15, 0.2) is 0 Å². The number of rotatable bonds is 0. The quantitative estimate of drug-likeness (QED) is 0.345. The maximum absolute atomic E-state index is 11.4. The predicted molar refractivity (Wildman–Crippen MR) is 60.9 cm³/mol. The molecule has 4 heteroatoms. The van der Waals surface area contributed by atoms with Crippen LogP contribution in [-0.2, 0) is 14.3 Å². The van der Waals surface area contributed by atoms with E-state index < -0.39 is 11.6 Å². The Morgan fingerprint density at radius 1 is 1.50 bits per heavy atom. The molecule has 0 aromatic rings. The van der Waals surface area contributed by atoms with Gasteiger partial charge in [-0.25, -0.2) is 4.79 Å². The summed E-state index contributed by atoms with van der Waals surface area (Å²) in [5, 5.41) is 0. The van der Waals surface area contributed by atoms with Crippen LogP contribution in [0.2, 0.25) is 0 Å². The fraction of sp³-hybridized carbons (Fsp3) is 0.750. The average molecular weight is 225 g/mol. The lowest BCUT2D eigenvalue weighted by atomic mass is 10.2. The zero-order valence-electron chi connectivity index (χ0n) is 10.4. The summed E-state index contributed by atoms with van der Waals surface area (Å²) >= 11 is 0. The van der Waals surface area contributed by atoms with Gasteiger partial charge >= 0.3 is 5.97 Å². The lowest BCUT2D eigenvalue weighted by Crippen LogP contribution is -2.41. The van der Waals surface area contributed by atoms with Crippen LogP contribution in [0.5, 0.6) is 0 Å². The molecule has 1 saturated heterocycles. The summed E-state index contributed by atoms with van der Waals surface area (Å²) in [5.41, 5.74) is -0.485. The summed E-state index contributed by atoms with van der Waals surface area (Å²) in [4.78, 5) is 13.4. The standard InChI is InChI=1S/C12H19NO3/c1-12(2,3)16-11(14)6-5-10-9-15-8-7-13(10)4/h10H,7-9H2,1-4H3. The molecule has 0 aromatic heterocycles. The second-order valence-corrected chi connectivity index (χ2v) is 4.84. The molecule has 0 spiro atoms. The van der Waals surface area contributed by atoms with Crippen molar-refractivity contribution < 1.29 is 14.3 Å². The SMILES string of the molecule is CN1CCOCC1C#CC(=O)OC(C)(C)C. The van der Waals surface area contributed by atoms with Crippen LogP contribution in [0.15, 0.2) is 0 Å². The second kappa shape index (κ2) is 5.33. The van der Waals surface area contributed by atoms with Crippen molar-refractivity contribution in [3.63, 3.8) is 0 Å². The van der Waals surface area contributed by atoms with Crippen LogP contribution in [0.3, 0.4) is 0 Å². The highest BCUT2D eigenvalue weighted by Gasteiger charge is 2.18. The van der Waals surface area contributed by atoms with Gasteiger partial charge in [-0.2, -0.15) is 0 Å². The van der Waals surface area contributed by atoms with E-state index in [0.717, 1.165) is 13.2 Å². The molecule has 16 heavy (non-hydrogen) atoms. The number of nitrogens with zero attached hydrogens (tertiary/aromatic N) is 1. The van der Waals surface area contributed by atoms with E-state index >= 15 is 0 Å². The third-order valence-electron chi connectivity index (χ3n) is 2.14. The minimum Gasteiger partial charge on any atom is -0.450 e. The van der Waals surface area contributed by atoms with Gasteiger partial charge in [-0.15, -0.1) is 0 Å². The Morgan fingerprint density at radius 3 is 2.75 bits per heavy atom. The molecule has 0 bridgehead atoms. The molecule has 0 aliphatic carbocycles. The summed E-state index contributed by atoms with van der Waals surface area (Å²) in [6.45, 7) is 7.58. The van der Waals surface area contributed by atoms with Gasteiger partial charge in [-0.05, 0) is 27.8 Å². The van der Waals surface area contributed by atoms with E-state index in [1.165, 1.54) is 0 Å². The van der Waals surface area contributed by atoms with Gasteiger partial charge in [0.1, 0.15) is 5.60 Å². The molecule has 1 fully saturated rings. The van der Waals surface area contributed by atoms with Crippen molar-refractivity contribution in [2.24, 2.45) is 0 Å². The van der Waals surface area contributed by atoms with Gasteiger partial charge in [-0.1, -0.05) is 5.92 Å². The Balaban J connectivity index is 2.49. The summed E-state index contributed by atoms with van der Waals surface area (Å²) in [5.74, 6) is 4.90. The Labute approximate surface area is 96.9 Å². The van der Waals surface area contributed by atoms with Crippen molar-refractivity contribution in [3.05, 3.63) is 0 Å². The maximum atomic E-state index is 11.4. The zero-order valence-corrected chi connectivity index (χ0v) is 10.4. The van der Waals surface area contributed by atoms with Crippen LogP contribution in [0.4, 0.5) is 0 Å². The number of hydrogen-bond donors (Lipinski definition) is 0. The summed E-state index contributed by atoms with van der Waals surface area (Å²) in [6, 6.07) is -0.0127. The van der Waals surface area contributed by atoms with E-state index in [0.29, 0.717) is 6.61 Å². The number of ether oxygens (including phenoxy) is 2. The lowest BCUT2D eigenvalue weighted by Gasteiger charge is -2.28. The van der Waals surface area contributed by atoms with E-state index in [2.05, 4.69) is 16.7 Å². The number of likely N-dealkylation sites (N-methyl/N-ethyl adjacent to an activating group) is 1. The summed E-state index contributed by atoms with van der Waals surface area (Å²) in [7, 11) is 1.97. The Kier molecular flexibility index (Phi) is 4.34. The number of carbonyl (C=O) groups excluding carboxylic acids is 1. The van der Waals surface area contributed by atoms with Crippen molar-refractivity contribution in [1.82, 2.24) is 4.90 Å². The molecule has 1 unspecified atom stereocenters. The third-order valence-corrected chi connectivity index (χ3v) is 2.14. The highest BCUT2D eigenvalue weighted by molar-refractivity contribution is 5.88. The molecular weight excluding hydrogens is 206 g/mol. The molecule has 1 atom stereocenters. The molecule has 0 N–H and O–H groups in total. The first kappa shape index (κ1) is 13.0. The summed E-state index contributed by atoms with van der Waals surface area (Å²) < 4.78 is 10.4. The van der Waals surface area contributed by atoms with Gasteiger partial charge < -0.3 is 9.47 Å². The molecule has 1 heterocycles. The number of esters is 1. The van der Waals surface area contributed by atoms with Crippen LogP contribution in [0, 0.1) is 11.8 Å². The van der Waals surface area contributed by atoms with Crippen LogP contribution in [0.25, 0.3) is 0 Å². The van der Waals surface area contributed by atoms with E-state index in [9.17, 15) is 4.79 Å². The number of hydrogen-bond acceptors (Lipinski definition) is 4. The van der Waals surface area contributed by atoms with Gasteiger partial charge in [0.25, 0.3) is 0 Å². The largest absolute Gasteiger partial charge is 0.450 e. The van der Waals surface area contributed by atoms with Gasteiger partial charge in [0.05, 0.1) is 19.3 Å². The maximum Gasteiger partial charge on any atom is 0.384 e. The van der Waals surface area contributed by atoms with E-state index in [1.54, 1.807) is 0 Å². The molecule has 1 aliphatic rings. The van der Waals surface area contributed by atoms with Crippen LogP contribution in [0.1, 0.15) is 20.8 Å². The van der Waals surface area contributed by atoms with Crippen LogP contribution in [-0.4, -0.2) is 49.3 Å². The molecule has 0 radical (unpaired) electrons. The first-order chi connectivity index (χ1) is 7.38. The minimum absolute atomic E-state index is 0.0127. The van der Waals surface area contributed by atoms with Crippen molar-refractivity contribution in [1.29, 1.82) is 0 Å². The lowest BCUT2D eigenvalue weighted by molar-refractivity contribution is -0.147. The predicted octanol–water partition coefficient (Wildman–Crippen LogP) is 0.662. The Bertz CT molecular complexity index is 308. The topological polar surface area (TPSA) is 38.8 Å². The first-order valence-electron chi connectivity index (χ1n) is 5.41. The molecule has 1 aliphatic heterocycles. The molecular formula is C12H19NO3. The first-order valence-corrected chi connectivity index (χ1v) is 5.41. The van der Waals surface area contributed by atoms with Crippen LogP contribution < -0.4 is 0 Å². The fourth-order valence-electron chi connectivity index (χ4n) is 1.28. The van der Waals surface area contributed by atoms with Crippen molar-refractivity contribution in [2.75, 3.05) is 26.8 Å². The van der Waals surface area contributed by atoms with E-state index in [1.807, 2.05) is 27.8 Å². The van der Waals surface area contributed by atoms with Gasteiger partial charge in [0.2, 0.25) is 0 Å². The highest BCUT2D eigenvalue weighted by Crippen LogP contribution is 2.06. The third kappa shape index (κ3) is 4.65. The van der Waals surface area contributed by atoms with E-state index in [-0.39, 0.29) is 6.04 Å². The Hall–Kier alpha value is -1.05. The summed E-state index contributed by atoms with van der Waals surface area (Å²) in [6.07, 6.45) is 0. The smallest absolute Gasteiger partial charge is 0.384 e. The minimum atomic E-state index is -0.485. The molecule has 0 saturated carbocycles. The van der Waals surface area contributed by atoms with Gasteiger partial charge in [0, 0.05) is 12.5 Å². The number of carbonyl (C=O) groups is 1. The number of morpholine rings is 1. The highest BCUT2D eigenvalue weighted by atomic mass is 16.6. The van der Waals surface area contributed by atoms with E-state index in [4.69, 9.17) is 9.47 Å². The van der Waals surface area contributed by atoms with Crippen molar-refractivity contribution in [3.8, 4) is 11.8 Å². The average Bonchev–Trinajstić information content (AvgIpc) is 2.14. The molecule has 0 aromatic carbocycles. The molecule has 90 valence electrons. The van der Waals surface area contributed by atoms with Crippen molar-refractivity contribution in [2.45, 2.75) is 32.4 Å². The van der Waals surface area contributed by atoms with Crippen molar-refractivity contribution >= 4 is 5.97 Å². The van der Waals surface area contributed by atoms with Gasteiger partial charge in [-0.3, -0.25) is 4.90 Å². The molecule has 1 rings (SSSR count). The fourth-order valence-corrected chi connectivity index (χ4v) is 1.28. The molecule has 4 nitrogen and oxygen atoms in total. The van der Waals surface area contributed by atoms with Crippen LogP contribution >= 0.6 is 0 Å². The molecule has 0 amide bonds. The monoisotopic (exact) mass is 225 g/mol. The zero-order chi connectivity index (χ0) is 12.2. The normalized spacial score (nSPS) is 22.1. The Morgan fingerprint density at radius 2 is 2.19 bits per heavy atom. The second-order valence-electron chi connectivity index (χ2n) is 4.84.